The summed E-state index contributed by atoms with van der Waals surface area (Å²) in [4.78, 5) is 25.0. The molecule has 0 saturated carbocycles. The van der Waals surface area contributed by atoms with Crippen LogP contribution in [0.25, 0.3) is 0 Å². The van der Waals surface area contributed by atoms with E-state index in [1.807, 2.05) is 25.5 Å². The number of carbonyl (C=O) groups excluding carboxylic acids is 2. The standard InChI is InChI=1S/C21H26N4O2/c1-7-12-22-19(26)15-10-8-9-11-16(15)23-20(27)17-13-18(14(2)3)25(24-17)21(4,5)6/h1,8-11,13-14H,12H2,2-6H3,(H,22,26)(H,23,27). The van der Waals surface area contributed by atoms with Gasteiger partial charge in [0.25, 0.3) is 11.8 Å². The minimum atomic E-state index is -0.364. The molecule has 0 saturated heterocycles. The molecule has 0 aliphatic rings. The quantitative estimate of drug-likeness (QED) is 0.797. The molecule has 0 spiro atoms. The number of amides is 2. The Morgan fingerprint density at radius 2 is 1.89 bits per heavy atom. The van der Waals surface area contributed by atoms with E-state index in [4.69, 9.17) is 6.42 Å². The third kappa shape index (κ3) is 4.76. The van der Waals surface area contributed by atoms with Crippen LogP contribution in [0, 0.1) is 12.3 Å². The molecule has 0 atom stereocenters. The van der Waals surface area contributed by atoms with Gasteiger partial charge >= 0.3 is 0 Å². The summed E-state index contributed by atoms with van der Waals surface area (Å²) in [6.07, 6.45) is 5.18. The number of terminal acetylenes is 1. The minimum absolute atomic E-state index is 0.120. The van der Waals surface area contributed by atoms with E-state index < -0.39 is 0 Å². The molecule has 6 heteroatoms. The van der Waals surface area contributed by atoms with Crippen LogP contribution in [-0.2, 0) is 5.54 Å². The second kappa shape index (κ2) is 8.09. The number of hydrogen-bond acceptors (Lipinski definition) is 3. The van der Waals surface area contributed by atoms with Gasteiger partial charge in [0.05, 0.1) is 23.3 Å². The average molecular weight is 366 g/mol. The molecule has 0 unspecified atom stereocenters. The number of para-hydroxylation sites is 1. The predicted molar refractivity (Wildman–Crippen MR) is 107 cm³/mol. The van der Waals surface area contributed by atoms with Gasteiger partial charge in [0, 0.05) is 5.69 Å². The Morgan fingerprint density at radius 1 is 1.22 bits per heavy atom. The first-order valence-corrected chi connectivity index (χ1v) is 8.87. The molecule has 0 bridgehead atoms. The monoisotopic (exact) mass is 366 g/mol. The molecule has 27 heavy (non-hydrogen) atoms. The van der Waals surface area contributed by atoms with Crippen LogP contribution >= 0.6 is 0 Å². The molecule has 1 aromatic heterocycles. The SMILES string of the molecule is C#CCNC(=O)c1ccccc1NC(=O)c1cc(C(C)C)n(C(C)(C)C)n1. The van der Waals surface area contributed by atoms with E-state index in [0.29, 0.717) is 16.9 Å². The molecule has 2 amide bonds. The number of nitrogens with one attached hydrogen (secondary N) is 2. The molecule has 0 fully saturated rings. The third-order valence-corrected chi connectivity index (χ3v) is 3.97. The summed E-state index contributed by atoms with van der Waals surface area (Å²) in [6.45, 7) is 10.4. The lowest BCUT2D eigenvalue weighted by Gasteiger charge is -2.23. The summed E-state index contributed by atoms with van der Waals surface area (Å²) in [5, 5.41) is 9.89. The number of anilines is 1. The van der Waals surface area contributed by atoms with Gasteiger partial charge in [0.2, 0.25) is 0 Å². The average Bonchev–Trinajstić information content (AvgIpc) is 3.06. The van der Waals surface area contributed by atoms with Crippen LogP contribution in [0.1, 0.15) is 67.1 Å². The maximum absolute atomic E-state index is 12.8. The number of rotatable bonds is 5. The summed E-state index contributed by atoms with van der Waals surface area (Å²) in [7, 11) is 0. The molecule has 2 rings (SSSR count). The van der Waals surface area contributed by atoms with Crippen molar-refractivity contribution < 1.29 is 9.59 Å². The van der Waals surface area contributed by atoms with Gasteiger partial charge in [0.1, 0.15) is 0 Å². The van der Waals surface area contributed by atoms with Gasteiger partial charge in [-0.3, -0.25) is 14.3 Å². The van der Waals surface area contributed by atoms with Crippen LogP contribution in [0.15, 0.2) is 30.3 Å². The lowest BCUT2D eigenvalue weighted by atomic mass is 10.1. The molecule has 0 aliphatic heterocycles. The summed E-state index contributed by atoms with van der Waals surface area (Å²) < 4.78 is 1.87. The summed E-state index contributed by atoms with van der Waals surface area (Å²) >= 11 is 0. The van der Waals surface area contributed by atoms with Gasteiger partial charge in [-0.2, -0.15) is 5.10 Å². The van der Waals surface area contributed by atoms with Crippen molar-refractivity contribution in [2.24, 2.45) is 0 Å². The zero-order valence-corrected chi connectivity index (χ0v) is 16.5. The Morgan fingerprint density at radius 3 is 2.44 bits per heavy atom. The van der Waals surface area contributed by atoms with Gasteiger partial charge in [-0.05, 0) is 44.9 Å². The second-order valence-electron chi connectivity index (χ2n) is 7.58. The first kappa shape index (κ1) is 20.2. The van der Waals surface area contributed by atoms with E-state index in [1.54, 1.807) is 30.3 Å². The van der Waals surface area contributed by atoms with E-state index in [0.717, 1.165) is 5.69 Å². The summed E-state index contributed by atoms with van der Waals surface area (Å²) in [5.74, 6) is 1.87. The predicted octanol–water partition coefficient (Wildman–Crippen LogP) is 3.38. The van der Waals surface area contributed by atoms with Crippen molar-refractivity contribution in [1.29, 1.82) is 0 Å². The number of nitrogens with zero attached hydrogens (tertiary/aromatic N) is 2. The van der Waals surface area contributed by atoms with Crippen molar-refractivity contribution in [3.63, 3.8) is 0 Å². The molecule has 1 aromatic carbocycles. The minimum Gasteiger partial charge on any atom is -0.341 e. The topological polar surface area (TPSA) is 76.0 Å². The fourth-order valence-electron chi connectivity index (χ4n) is 2.66. The van der Waals surface area contributed by atoms with Crippen molar-refractivity contribution in [2.45, 2.75) is 46.1 Å². The second-order valence-corrected chi connectivity index (χ2v) is 7.58. The lowest BCUT2D eigenvalue weighted by molar-refractivity contribution is 0.0959. The molecule has 0 radical (unpaired) electrons. The maximum Gasteiger partial charge on any atom is 0.276 e. The smallest absolute Gasteiger partial charge is 0.276 e. The normalized spacial score (nSPS) is 11.1. The molecule has 2 aromatic rings. The summed E-state index contributed by atoms with van der Waals surface area (Å²) in [5.41, 5.74) is 1.81. The first-order chi connectivity index (χ1) is 12.6. The van der Waals surface area contributed by atoms with E-state index in [1.165, 1.54) is 0 Å². The van der Waals surface area contributed by atoms with Crippen LogP contribution < -0.4 is 10.6 Å². The van der Waals surface area contributed by atoms with Crippen LogP contribution in [0.3, 0.4) is 0 Å². The Hall–Kier alpha value is -3.07. The van der Waals surface area contributed by atoms with Gasteiger partial charge in [-0.1, -0.05) is 31.9 Å². The highest BCUT2D eigenvalue weighted by Gasteiger charge is 2.24. The van der Waals surface area contributed by atoms with Gasteiger partial charge < -0.3 is 10.6 Å². The van der Waals surface area contributed by atoms with Crippen molar-refractivity contribution in [2.75, 3.05) is 11.9 Å². The molecule has 0 aliphatic carbocycles. The fourth-order valence-corrected chi connectivity index (χ4v) is 2.66. The van der Waals surface area contributed by atoms with E-state index >= 15 is 0 Å². The largest absolute Gasteiger partial charge is 0.341 e. The number of aromatic nitrogens is 2. The first-order valence-electron chi connectivity index (χ1n) is 8.87. The van der Waals surface area contributed by atoms with Crippen LogP contribution in [0.4, 0.5) is 5.69 Å². The fraction of sp³-hybridized carbons (Fsp3) is 0.381. The van der Waals surface area contributed by atoms with Gasteiger partial charge in [0.15, 0.2) is 5.69 Å². The van der Waals surface area contributed by atoms with E-state index in [2.05, 4.69) is 35.5 Å². The Bertz CT molecular complexity index is 882. The van der Waals surface area contributed by atoms with E-state index in [-0.39, 0.29) is 29.8 Å². The Labute approximate surface area is 160 Å². The maximum atomic E-state index is 12.8. The molecule has 1 heterocycles. The van der Waals surface area contributed by atoms with Crippen molar-refractivity contribution in [1.82, 2.24) is 15.1 Å². The third-order valence-electron chi connectivity index (χ3n) is 3.97. The number of carbonyl (C=O) groups is 2. The molecular formula is C21H26N4O2. The lowest BCUT2D eigenvalue weighted by Crippen LogP contribution is -2.27. The van der Waals surface area contributed by atoms with Gasteiger partial charge in [-0.25, -0.2) is 0 Å². The zero-order valence-electron chi connectivity index (χ0n) is 16.5. The zero-order chi connectivity index (χ0) is 20.2. The molecule has 2 N–H and O–H groups in total. The van der Waals surface area contributed by atoms with Crippen LogP contribution in [0.2, 0.25) is 0 Å². The molecule has 142 valence electrons. The molecular weight excluding hydrogens is 340 g/mol. The van der Waals surface area contributed by atoms with Crippen LogP contribution in [-0.4, -0.2) is 28.1 Å². The van der Waals surface area contributed by atoms with Crippen molar-refractivity contribution >= 4 is 17.5 Å². The van der Waals surface area contributed by atoms with Crippen molar-refractivity contribution in [3.8, 4) is 12.3 Å². The summed E-state index contributed by atoms with van der Waals surface area (Å²) in [6, 6.07) is 8.58. The number of hydrogen-bond donors (Lipinski definition) is 2. The molecule has 6 nitrogen and oxygen atoms in total. The Balaban J connectivity index is 2.31. The highest BCUT2D eigenvalue weighted by Crippen LogP contribution is 2.24. The number of benzene rings is 1. The van der Waals surface area contributed by atoms with Gasteiger partial charge in [-0.15, -0.1) is 6.42 Å². The highest BCUT2D eigenvalue weighted by molar-refractivity contribution is 6.08. The van der Waals surface area contributed by atoms with Crippen molar-refractivity contribution in [3.05, 3.63) is 47.3 Å². The van der Waals surface area contributed by atoms with Crippen LogP contribution in [0.5, 0.6) is 0 Å². The highest BCUT2D eigenvalue weighted by atomic mass is 16.2. The van der Waals surface area contributed by atoms with E-state index in [9.17, 15) is 9.59 Å². The Kier molecular flexibility index (Phi) is 6.06.